The van der Waals surface area contributed by atoms with Gasteiger partial charge >= 0.3 is 0 Å². The molecule has 96 valence electrons. The first-order chi connectivity index (χ1) is 9.24. The van der Waals surface area contributed by atoms with Crippen LogP contribution in [0.5, 0.6) is 0 Å². The van der Waals surface area contributed by atoms with Crippen LogP contribution in [0.4, 0.5) is 5.95 Å². The Morgan fingerprint density at radius 1 is 1.53 bits per heavy atom. The molecule has 0 aromatic carbocycles. The molecule has 3 aromatic rings. The summed E-state index contributed by atoms with van der Waals surface area (Å²) in [5, 5.41) is 15.9. The van der Waals surface area contributed by atoms with Gasteiger partial charge in [-0.2, -0.15) is 0 Å². The van der Waals surface area contributed by atoms with E-state index < -0.39 is 0 Å². The van der Waals surface area contributed by atoms with Crippen molar-refractivity contribution in [3.8, 4) is 10.8 Å². The summed E-state index contributed by atoms with van der Waals surface area (Å²) in [5.41, 5.74) is 0.327. The van der Waals surface area contributed by atoms with Gasteiger partial charge in [0.05, 0.1) is 6.26 Å². The van der Waals surface area contributed by atoms with E-state index in [0.717, 1.165) is 4.88 Å². The lowest BCUT2D eigenvalue weighted by atomic mass is 10.3. The summed E-state index contributed by atoms with van der Waals surface area (Å²) in [6.45, 7) is 1.82. The number of nitrogens with zero attached hydrogens (tertiary/aromatic N) is 4. The molecule has 0 bridgehead atoms. The maximum absolute atomic E-state index is 12.0. The minimum atomic E-state index is -0.370. The molecule has 0 radical (unpaired) electrons. The molecule has 0 unspecified atom stereocenters. The summed E-state index contributed by atoms with van der Waals surface area (Å²) >= 11 is 1.39. The zero-order chi connectivity index (χ0) is 13.2. The number of amides is 1. The normalized spacial score (nSPS) is 10.6. The lowest BCUT2D eigenvalue weighted by Crippen LogP contribution is -2.14. The summed E-state index contributed by atoms with van der Waals surface area (Å²) in [5.74, 6) is 0.440. The van der Waals surface area contributed by atoms with E-state index in [0.29, 0.717) is 16.5 Å². The number of hydrogen-bond acceptors (Lipinski definition) is 7. The van der Waals surface area contributed by atoms with Gasteiger partial charge in [-0.1, -0.05) is 5.10 Å². The Kier molecular flexibility index (Phi) is 2.80. The molecule has 0 saturated carbocycles. The highest BCUT2D eigenvalue weighted by molar-refractivity contribution is 7.15. The van der Waals surface area contributed by atoms with Gasteiger partial charge in [0.25, 0.3) is 5.91 Å². The van der Waals surface area contributed by atoms with Crippen molar-refractivity contribution in [2.45, 2.75) is 6.92 Å². The van der Waals surface area contributed by atoms with Gasteiger partial charge in [0.2, 0.25) is 5.95 Å². The number of carbonyl (C=O) groups excluding carboxylic acids is 1. The van der Waals surface area contributed by atoms with E-state index in [1.807, 2.05) is 6.92 Å². The SMILES string of the molecule is Cc1sc(-c2ccco2)nc1C(=O)Nc1nnn[nH]1. The van der Waals surface area contributed by atoms with Gasteiger partial charge in [0.1, 0.15) is 5.69 Å². The number of aryl methyl sites for hydroxylation is 1. The first kappa shape index (κ1) is 11.5. The molecular weight excluding hydrogens is 268 g/mol. The van der Waals surface area contributed by atoms with Crippen molar-refractivity contribution in [2.75, 3.05) is 5.32 Å². The second-order valence-corrected chi connectivity index (χ2v) is 4.81. The molecule has 0 spiro atoms. The summed E-state index contributed by atoms with van der Waals surface area (Å²) in [6.07, 6.45) is 1.56. The van der Waals surface area contributed by atoms with E-state index in [-0.39, 0.29) is 11.9 Å². The molecular formula is C10H8N6O2S. The predicted octanol–water partition coefficient (Wildman–Crippen LogP) is 1.48. The van der Waals surface area contributed by atoms with Gasteiger partial charge in [-0.25, -0.2) is 10.1 Å². The van der Waals surface area contributed by atoms with E-state index >= 15 is 0 Å². The topological polar surface area (TPSA) is 110 Å². The molecule has 0 atom stereocenters. The van der Waals surface area contributed by atoms with Gasteiger partial charge in [-0.05, 0) is 29.5 Å². The highest BCUT2D eigenvalue weighted by atomic mass is 32.1. The molecule has 9 heteroatoms. The van der Waals surface area contributed by atoms with Crippen LogP contribution in [0.25, 0.3) is 10.8 Å². The number of nitrogens with one attached hydrogen (secondary N) is 2. The van der Waals surface area contributed by atoms with Gasteiger partial charge < -0.3 is 4.42 Å². The Hall–Kier alpha value is -2.55. The quantitative estimate of drug-likeness (QED) is 0.749. The Morgan fingerprint density at radius 3 is 3.11 bits per heavy atom. The number of thiazole rings is 1. The van der Waals surface area contributed by atoms with Crippen molar-refractivity contribution in [3.63, 3.8) is 0 Å². The number of tetrazole rings is 1. The molecule has 8 nitrogen and oxygen atoms in total. The van der Waals surface area contributed by atoms with E-state index in [1.165, 1.54) is 11.3 Å². The van der Waals surface area contributed by atoms with Crippen LogP contribution < -0.4 is 5.32 Å². The van der Waals surface area contributed by atoms with E-state index in [4.69, 9.17) is 4.42 Å². The third-order valence-electron chi connectivity index (χ3n) is 2.32. The lowest BCUT2D eigenvalue weighted by Gasteiger charge is -1.97. The van der Waals surface area contributed by atoms with Crippen molar-refractivity contribution in [2.24, 2.45) is 0 Å². The molecule has 3 rings (SSSR count). The molecule has 3 aromatic heterocycles. The average Bonchev–Trinajstić information content (AvgIpc) is 3.07. The average molecular weight is 276 g/mol. The number of aromatic nitrogens is 5. The summed E-state index contributed by atoms with van der Waals surface area (Å²) in [4.78, 5) is 17.1. The van der Waals surface area contributed by atoms with E-state index in [1.54, 1.807) is 18.4 Å². The molecule has 0 aliphatic rings. The highest BCUT2D eigenvalue weighted by Gasteiger charge is 2.18. The zero-order valence-corrected chi connectivity index (χ0v) is 10.6. The molecule has 3 heterocycles. The van der Waals surface area contributed by atoms with Crippen LogP contribution >= 0.6 is 11.3 Å². The summed E-state index contributed by atoms with van der Waals surface area (Å²) in [7, 11) is 0. The number of anilines is 1. The molecule has 19 heavy (non-hydrogen) atoms. The first-order valence-corrected chi connectivity index (χ1v) is 6.12. The first-order valence-electron chi connectivity index (χ1n) is 5.30. The number of furan rings is 1. The fraction of sp³-hybridized carbons (Fsp3) is 0.100. The maximum atomic E-state index is 12.0. The molecule has 2 N–H and O–H groups in total. The fourth-order valence-corrected chi connectivity index (χ4v) is 2.37. The predicted molar refractivity (Wildman–Crippen MR) is 66.7 cm³/mol. The summed E-state index contributed by atoms with van der Waals surface area (Å²) < 4.78 is 5.25. The summed E-state index contributed by atoms with van der Waals surface area (Å²) in [6, 6.07) is 3.56. The van der Waals surface area contributed by atoms with Gasteiger partial charge in [0.15, 0.2) is 10.8 Å². The Balaban J connectivity index is 1.87. The second kappa shape index (κ2) is 4.61. The molecule has 0 fully saturated rings. The molecule has 0 aliphatic heterocycles. The molecule has 1 amide bonds. The third kappa shape index (κ3) is 2.22. The van der Waals surface area contributed by atoms with Crippen molar-refractivity contribution in [1.82, 2.24) is 25.6 Å². The van der Waals surface area contributed by atoms with Crippen LogP contribution in [0.3, 0.4) is 0 Å². The standard InChI is InChI=1S/C10H8N6O2S/c1-5-7(8(17)12-10-13-15-16-14-10)11-9(19-5)6-3-2-4-18-6/h2-4H,1H3,(H2,12,13,14,15,16,17). The van der Waals surface area contributed by atoms with Crippen molar-refractivity contribution in [1.29, 1.82) is 0 Å². The Morgan fingerprint density at radius 2 is 2.42 bits per heavy atom. The van der Waals surface area contributed by atoms with Crippen molar-refractivity contribution in [3.05, 3.63) is 29.0 Å². The highest BCUT2D eigenvalue weighted by Crippen LogP contribution is 2.28. The third-order valence-corrected chi connectivity index (χ3v) is 3.31. The van der Waals surface area contributed by atoms with Crippen LogP contribution in [-0.4, -0.2) is 31.5 Å². The fourth-order valence-electron chi connectivity index (χ4n) is 1.49. The lowest BCUT2D eigenvalue weighted by molar-refractivity contribution is 0.102. The van der Waals surface area contributed by atoms with Crippen LogP contribution in [0.1, 0.15) is 15.4 Å². The van der Waals surface area contributed by atoms with Gasteiger partial charge in [-0.3, -0.25) is 10.1 Å². The number of hydrogen-bond donors (Lipinski definition) is 2. The minimum absolute atomic E-state index is 0.178. The van der Waals surface area contributed by atoms with Gasteiger partial charge in [0, 0.05) is 4.88 Å². The minimum Gasteiger partial charge on any atom is -0.462 e. The molecule has 0 saturated heterocycles. The Bertz CT molecular complexity index is 688. The number of aromatic amines is 1. The van der Waals surface area contributed by atoms with Crippen molar-refractivity contribution >= 4 is 23.2 Å². The molecule has 0 aliphatic carbocycles. The number of H-pyrrole nitrogens is 1. The van der Waals surface area contributed by atoms with E-state index in [9.17, 15) is 4.79 Å². The van der Waals surface area contributed by atoms with E-state index in [2.05, 4.69) is 30.9 Å². The second-order valence-electron chi connectivity index (χ2n) is 3.61. The van der Waals surface area contributed by atoms with Gasteiger partial charge in [-0.15, -0.1) is 11.3 Å². The number of carbonyl (C=O) groups is 1. The monoisotopic (exact) mass is 276 g/mol. The van der Waals surface area contributed by atoms with Crippen LogP contribution in [-0.2, 0) is 0 Å². The van der Waals surface area contributed by atoms with Crippen LogP contribution in [0, 0.1) is 6.92 Å². The zero-order valence-electron chi connectivity index (χ0n) is 9.75. The van der Waals surface area contributed by atoms with Crippen molar-refractivity contribution < 1.29 is 9.21 Å². The largest absolute Gasteiger partial charge is 0.462 e. The number of rotatable bonds is 3. The smallest absolute Gasteiger partial charge is 0.277 e. The van der Waals surface area contributed by atoms with Crippen LogP contribution in [0.15, 0.2) is 22.8 Å². The van der Waals surface area contributed by atoms with Crippen LogP contribution in [0.2, 0.25) is 0 Å². The Labute approximate surface area is 110 Å². The maximum Gasteiger partial charge on any atom is 0.277 e.